The smallest absolute Gasteiger partial charge is 0.125 e. The van der Waals surface area contributed by atoms with Crippen LogP contribution in [0.4, 0.5) is 5.82 Å². The van der Waals surface area contributed by atoms with E-state index < -0.39 is 0 Å². The Kier molecular flexibility index (Phi) is 1.53. The summed E-state index contributed by atoms with van der Waals surface area (Å²) in [4.78, 5) is 4.07. The van der Waals surface area contributed by atoms with Gasteiger partial charge in [-0.3, -0.25) is 4.98 Å². The number of nitrogens with zero attached hydrogens (tertiary/aromatic N) is 3. The van der Waals surface area contributed by atoms with Gasteiger partial charge in [0.05, 0.1) is 12.2 Å². The SMILES string of the molecule is c1cncc(-c2cc3n(n2)CCN3)c1. The van der Waals surface area contributed by atoms with Crippen molar-refractivity contribution in [3.63, 3.8) is 0 Å². The van der Waals surface area contributed by atoms with Crippen LogP contribution in [0.1, 0.15) is 0 Å². The van der Waals surface area contributed by atoms with Gasteiger partial charge in [-0.2, -0.15) is 5.10 Å². The van der Waals surface area contributed by atoms with Crippen molar-refractivity contribution in [3.8, 4) is 11.3 Å². The predicted octanol–water partition coefficient (Wildman–Crippen LogP) is 1.37. The molecule has 0 saturated heterocycles. The van der Waals surface area contributed by atoms with Crippen LogP contribution < -0.4 is 5.32 Å². The number of anilines is 1. The predicted molar refractivity (Wildman–Crippen MR) is 53.9 cm³/mol. The van der Waals surface area contributed by atoms with E-state index in [1.54, 1.807) is 6.20 Å². The number of rotatable bonds is 1. The summed E-state index contributed by atoms with van der Waals surface area (Å²) in [7, 11) is 0. The van der Waals surface area contributed by atoms with Crippen LogP contribution in [0.25, 0.3) is 11.3 Å². The van der Waals surface area contributed by atoms with E-state index in [0.717, 1.165) is 30.2 Å². The highest BCUT2D eigenvalue weighted by Gasteiger charge is 2.13. The fraction of sp³-hybridized carbons (Fsp3) is 0.200. The molecule has 0 atom stereocenters. The number of hydrogen-bond donors (Lipinski definition) is 1. The Morgan fingerprint density at radius 1 is 1.43 bits per heavy atom. The van der Waals surface area contributed by atoms with Crippen molar-refractivity contribution >= 4 is 5.82 Å². The van der Waals surface area contributed by atoms with Gasteiger partial charge in [-0.25, -0.2) is 4.68 Å². The van der Waals surface area contributed by atoms with E-state index in [4.69, 9.17) is 0 Å². The van der Waals surface area contributed by atoms with Crippen molar-refractivity contribution in [3.05, 3.63) is 30.6 Å². The van der Waals surface area contributed by atoms with Crippen molar-refractivity contribution in [1.82, 2.24) is 14.8 Å². The molecule has 1 aliphatic heterocycles. The molecule has 0 bridgehead atoms. The lowest BCUT2D eigenvalue weighted by molar-refractivity contribution is 0.699. The molecular formula is C10H10N4. The van der Waals surface area contributed by atoms with Gasteiger partial charge in [0.25, 0.3) is 0 Å². The Morgan fingerprint density at radius 3 is 3.21 bits per heavy atom. The van der Waals surface area contributed by atoms with Gasteiger partial charge in [0, 0.05) is 30.6 Å². The lowest BCUT2D eigenvalue weighted by Crippen LogP contribution is -1.96. The maximum Gasteiger partial charge on any atom is 0.125 e. The maximum atomic E-state index is 4.48. The largest absolute Gasteiger partial charge is 0.368 e. The molecule has 70 valence electrons. The molecule has 0 amide bonds. The summed E-state index contributed by atoms with van der Waals surface area (Å²) in [6.07, 6.45) is 3.60. The third-order valence-corrected chi connectivity index (χ3v) is 2.37. The monoisotopic (exact) mass is 186 g/mol. The first-order valence-corrected chi connectivity index (χ1v) is 4.65. The molecule has 4 nitrogen and oxygen atoms in total. The average Bonchev–Trinajstić information content (AvgIpc) is 2.78. The van der Waals surface area contributed by atoms with Gasteiger partial charge in [-0.1, -0.05) is 0 Å². The molecule has 0 aliphatic carbocycles. The van der Waals surface area contributed by atoms with E-state index in [1.807, 2.05) is 23.0 Å². The number of fused-ring (bicyclic) bond motifs is 1. The topological polar surface area (TPSA) is 42.7 Å². The highest BCUT2D eigenvalue weighted by atomic mass is 15.4. The highest BCUT2D eigenvalue weighted by molar-refractivity contribution is 5.62. The van der Waals surface area contributed by atoms with Crippen LogP contribution >= 0.6 is 0 Å². The van der Waals surface area contributed by atoms with E-state index >= 15 is 0 Å². The fourth-order valence-corrected chi connectivity index (χ4v) is 1.67. The molecule has 1 N–H and O–H groups in total. The second kappa shape index (κ2) is 2.83. The van der Waals surface area contributed by atoms with Crippen molar-refractivity contribution in [2.75, 3.05) is 11.9 Å². The number of pyridine rings is 1. The van der Waals surface area contributed by atoms with E-state index in [9.17, 15) is 0 Å². The van der Waals surface area contributed by atoms with Crippen LogP contribution in [-0.4, -0.2) is 21.3 Å². The Hall–Kier alpha value is -1.84. The second-order valence-electron chi connectivity index (χ2n) is 3.31. The zero-order valence-corrected chi connectivity index (χ0v) is 7.64. The third-order valence-electron chi connectivity index (χ3n) is 2.37. The van der Waals surface area contributed by atoms with Gasteiger partial charge in [0.1, 0.15) is 5.82 Å². The van der Waals surface area contributed by atoms with E-state index in [2.05, 4.69) is 21.5 Å². The molecule has 4 heteroatoms. The van der Waals surface area contributed by atoms with Gasteiger partial charge >= 0.3 is 0 Å². The first-order chi connectivity index (χ1) is 6.93. The zero-order valence-electron chi connectivity index (χ0n) is 7.64. The van der Waals surface area contributed by atoms with E-state index in [-0.39, 0.29) is 0 Å². The average molecular weight is 186 g/mol. The maximum absolute atomic E-state index is 4.48. The van der Waals surface area contributed by atoms with Crippen molar-refractivity contribution in [2.24, 2.45) is 0 Å². The van der Waals surface area contributed by atoms with Gasteiger partial charge in [0.2, 0.25) is 0 Å². The first kappa shape index (κ1) is 7.55. The number of nitrogens with one attached hydrogen (secondary N) is 1. The molecule has 2 aromatic rings. The van der Waals surface area contributed by atoms with Crippen LogP contribution in [0.3, 0.4) is 0 Å². The van der Waals surface area contributed by atoms with Crippen molar-refractivity contribution in [2.45, 2.75) is 6.54 Å². The van der Waals surface area contributed by atoms with Gasteiger partial charge in [0.15, 0.2) is 0 Å². The van der Waals surface area contributed by atoms with Gasteiger partial charge in [-0.05, 0) is 12.1 Å². The summed E-state index contributed by atoms with van der Waals surface area (Å²) in [5.74, 6) is 1.10. The Morgan fingerprint density at radius 2 is 2.43 bits per heavy atom. The third kappa shape index (κ3) is 1.08. The fourth-order valence-electron chi connectivity index (χ4n) is 1.67. The molecule has 0 spiro atoms. The molecular weight excluding hydrogens is 176 g/mol. The minimum absolute atomic E-state index is 0.954. The molecule has 2 aromatic heterocycles. The van der Waals surface area contributed by atoms with Crippen LogP contribution in [0.2, 0.25) is 0 Å². The molecule has 0 radical (unpaired) electrons. The summed E-state index contributed by atoms with van der Waals surface area (Å²) in [6, 6.07) is 6.00. The molecule has 0 unspecified atom stereocenters. The molecule has 0 fully saturated rings. The zero-order chi connectivity index (χ0) is 9.38. The number of aromatic nitrogens is 3. The lowest BCUT2D eigenvalue weighted by Gasteiger charge is -1.94. The molecule has 0 aromatic carbocycles. The first-order valence-electron chi connectivity index (χ1n) is 4.65. The Balaban J connectivity index is 2.06. The van der Waals surface area contributed by atoms with Crippen LogP contribution in [-0.2, 0) is 6.54 Å². The summed E-state index contributed by atoms with van der Waals surface area (Å²) < 4.78 is 1.99. The summed E-state index contributed by atoms with van der Waals surface area (Å²) in [5, 5.41) is 7.75. The summed E-state index contributed by atoms with van der Waals surface area (Å²) in [5.41, 5.74) is 2.05. The summed E-state index contributed by atoms with van der Waals surface area (Å²) in [6.45, 7) is 1.94. The Labute approximate surface area is 81.6 Å². The van der Waals surface area contributed by atoms with Crippen molar-refractivity contribution < 1.29 is 0 Å². The van der Waals surface area contributed by atoms with Gasteiger partial charge < -0.3 is 5.32 Å². The number of hydrogen-bond acceptors (Lipinski definition) is 3. The molecule has 3 heterocycles. The van der Waals surface area contributed by atoms with Crippen LogP contribution in [0.15, 0.2) is 30.6 Å². The minimum atomic E-state index is 0.954. The van der Waals surface area contributed by atoms with Gasteiger partial charge in [-0.15, -0.1) is 0 Å². The van der Waals surface area contributed by atoms with E-state index in [1.165, 1.54) is 0 Å². The standard InChI is InChI=1S/C10H10N4/c1-2-8(7-11-3-1)9-6-10-12-4-5-14(10)13-9/h1-3,6-7,12H,4-5H2. The van der Waals surface area contributed by atoms with Crippen LogP contribution in [0, 0.1) is 0 Å². The highest BCUT2D eigenvalue weighted by Crippen LogP contribution is 2.22. The van der Waals surface area contributed by atoms with Crippen molar-refractivity contribution in [1.29, 1.82) is 0 Å². The molecule has 0 saturated carbocycles. The summed E-state index contributed by atoms with van der Waals surface area (Å²) >= 11 is 0. The Bertz CT molecular complexity index is 425. The van der Waals surface area contributed by atoms with Crippen LogP contribution in [0.5, 0.6) is 0 Å². The quantitative estimate of drug-likeness (QED) is 0.731. The van der Waals surface area contributed by atoms with E-state index in [0.29, 0.717) is 0 Å². The minimum Gasteiger partial charge on any atom is -0.368 e. The lowest BCUT2D eigenvalue weighted by atomic mass is 10.2. The second-order valence-corrected chi connectivity index (χ2v) is 3.31. The molecule has 1 aliphatic rings. The molecule has 14 heavy (non-hydrogen) atoms. The normalized spacial score (nSPS) is 13.7. The molecule has 3 rings (SSSR count).